The molecule has 1 aromatic carbocycles. The molecule has 37 heavy (non-hydrogen) atoms. The molecular formula is C26H30N6O5. The molecule has 0 saturated carbocycles. The first-order chi connectivity index (χ1) is 18.2. The van der Waals surface area contributed by atoms with E-state index >= 15 is 0 Å². The number of carbonyl (C=O) groups excluding carboxylic acids is 2. The summed E-state index contributed by atoms with van der Waals surface area (Å²) in [5, 5.41) is 9.25. The summed E-state index contributed by atoms with van der Waals surface area (Å²) in [7, 11) is 0. The van der Waals surface area contributed by atoms with Gasteiger partial charge in [0.05, 0.1) is 30.2 Å². The maximum Gasteiger partial charge on any atom is 0.292 e. The molecule has 11 nitrogen and oxygen atoms in total. The molecule has 6 rings (SSSR count). The minimum Gasteiger partial charge on any atom is -0.491 e. The Morgan fingerprint density at radius 1 is 1.24 bits per heavy atom. The molecule has 0 aliphatic carbocycles. The van der Waals surface area contributed by atoms with Crippen molar-refractivity contribution in [3.8, 4) is 5.75 Å². The molecule has 11 heteroatoms. The van der Waals surface area contributed by atoms with Crippen LogP contribution >= 0.6 is 0 Å². The van der Waals surface area contributed by atoms with Crippen LogP contribution in [0.4, 0.5) is 11.4 Å². The number of aromatic nitrogens is 1. The van der Waals surface area contributed by atoms with Crippen LogP contribution < -0.4 is 25.6 Å². The zero-order valence-electron chi connectivity index (χ0n) is 20.4. The van der Waals surface area contributed by atoms with E-state index in [-0.39, 0.29) is 17.8 Å². The number of fused-ring (bicyclic) bond motifs is 1. The Kier molecular flexibility index (Phi) is 6.54. The fourth-order valence-corrected chi connectivity index (χ4v) is 5.00. The number of piperazine rings is 1. The van der Waals surface area contributed by atoms with Crippen molar-refractivity contribution in [3.05, 3.63) is 59.7 Å². The van der Waals surface area contributed by atoms with Crippen molar-refractivity contribution in [3.63, 3.8) is 0 Å². The van der Waals surface area contributed by atoms with Gasteiger partial charge >= 0.3 is 0 Å². The highest BCUT2D eigenvalue weighted by atomic mass is 16.5. The number of hydrogen-bond donors (Lipinski definition) is 3. The van der Waals surface area contributed by atoms with Gasteiger partial charge in [-0.25, -0.2) is 0 Å². The standard InChI is InChI=1S/C26H30N6O5/c33-24(30-21-13-28-6-5-22(21)31-9-7-27-8-10-31)23-14-29-26(37-23)32-15-17-3-4-18(12-20(17)25(32)34)36-16-19-2-1-11-35-19/h3-6,12-14,19,26-27,29H,1-2,7-11,15-16H2,(H,30,33). The number of hydrogen-bond acceptors (Lipinski definition) is 9. The molecule has 2 saturated heterocycles. The molecule has 0 radical (unpaired) electrons. The highest BCUT2D eigenvalue weighted by Gasteiger charge is 2.37. The highest BCUT2D eigenvalue weighted by molar-refractivity contribution is 6.04. The monoisotopic (exact) mass is 506 g/mol. The average molecular weight is 507 g/mol. The molecule has 1 aromatic heterocycles. The van der Waals surface area contributed by atoms with E-state index in [1.54, 1.807) is 23.4 Å². The van der Waals surface area contributed by atoms with Crippen molar-refractivity contribution in [2.75, 3.05) is 49.6 Å². The summed E-state index contributed by atoms with van der Waals surface area (Å²) in [6, 6.07) is 7.43. The van der Waals surface area contributed by atoms with Crippen LogP contribution in [0, 0.1) is 0 Å². The fraction of sp³-hybridized carbons (Fsp3) is 0.423. The van der Waals surface area contributed by atoms with E-state index in [0.29, 0.717) is 30.2 Å². The molecule has 2 unspecified atom stereocenters. The van der Waals surface area contributed by atoms with E-state index in [4.69, 9.17) is 14.2 Å². The first-order valence-corrected chi connectivity index (χ1v) is 12.7. The molecule has 2 atom stereocenters. The zero-order valence-corrected chi connectivity index (χ0v) is 20.4. The van der Waals surface area contributed by atoms with Gasteiger partial charge in [0.15, 0.2) is 0 Å². The lowest BCUT2D eigenvalue weighted by atomic mass is 10.1. The Morgan fingerprint density at radius 3 is 2.97 bits per heavy atom. The van der Waals surface area contributed by atoms with Gasteiger partial charge < -0.3 is 35.1 Å². The highest BCUT2D eigenvalue weighted by Crippen LogP contribution is 2.31. The van der Waals surface area contributed by atoms with E-state index < -0.39 is 12.3 Å². The van der Waals surface area contributed by atoms with Gasteiger partial charge in [0.2, 0.25) is 5.76 Å². The summed E-state index contributed by atoms with van der Waals surface area (Å²) in [6.45, 7) is 5.06. The van der Waals surface area contributed by atoms with E-state index in [9.17, 15) is 9.59 Å². The number of amides is 2. The maximum absolute atomic E-state index is 13.2. The lowest BCUT2D eigenvalue weighted by Gasteiger charge is -2.30. The third-order valence-corrected chi connectivity index (χ3v) is 6.98. The summed E-state index contributed by atoms with van der Waals surface area (Å²) >= 11 is 0. The van der Waals surface area contributed by atoms with Crippen LogP contribution in [0.15, 0.2) is 48.6 Å². The van der Waals surface area contributed by atoms with Crippen molar-refractivity contribution >= 4 is 23.2 Å². The largest absolute Gasteiger partial charge is 0.491 e. The first-order valence-electron chi connectivity index (χ1n) is 12.7. The molecule has 4 aliphatic heterocycles. The quantitative estimate of drug-likeness (QED) is 0.512. The number of benzene rings is 1. The predicted octanol–water partition coefficient (Wildman–Crippen LogP) is 1.39. The minimum absolute atomic E-state index is 0.101. The molecular weight excluding hydrogens is 476 g/mol. The Labute approximate surface area is 214 Å². The van der Waals surface area contributed by atoms with Crippen molar-refractivity contribution in [1.82, 2.24) is 20.5 Å². The van der Waals surface area contributed by atoms with Gasteiger partial charge in [-0.3, -0.25) is 19.5 Å². The normalized spacial score (nSPS) is 22.8. The van der Waals surface area contributed by atoms with Crippen LogP contribution in [-0.4, -0.2) is 73.5 Å². The second-order valence-corrected chi connectivity index (χ2v) is 9.43. The third kappa shape index (κ3) is 4.92. The first kappa shape index (κ1) is 23.6. The summed E-state index contributed by atoms with van der Waals surface area (Å²) in [5.41, 5.74) is 2.98. The summed E-state index contributed by atoms with van der Waals surface area (Å²) in [5.74, 6) is 0.149. The smallest absolute Gasteiger partial charge is 0.292 e. The molecule has 0 bridgehead atoms. The van der Waals surface area contributed by atoms with E-state index in [1.807, 2.05) is 18.2 Å². The SMILES string of the molecule is O=C(Nc1cnccc1N1CCNCC1)C1=CNC(N2Cc3ccc(OCC4CCCO4)cc3C2=O)O1. The van der Waals surface area contributed by atoms with Gasteiger partial charge in [0.25, 0.3) is 18.2 Å². The average Bonchev–Trinajstić information content (AvgIpc) is 3.69. The summed E-state index contributed by atoms with van der Waals surface area (Å²) in [4.78, 5) is 34.1. The van der Waals surface area contributed by atoms with Crippen LogP contribution in [0.2, 0.25) is 0 Å². The van der Waals surface area contributed by atoms with Crippen LogP contribution in [-0.2, 0) is 20.8 Å². The Morgan fingerprint density at radius 2 is 2.14 bits per heavy atom. The minimum atomic E-state index is -0.779. The molecule has 4 aliphatic rings. The number of ether oxygens (including phenoxy) is 3. The van der Waals surface area contributed by atoms with Crippen LogP contribution in [0.25, 0.3) is 0 Å². The second kappa shape index (κ2) is 10.3. The molecule has 2 amide bonds. The fourth-order valence-electron chi connectivity index (χ4n) is 5.00. The topological polar surface area (TPSA) is 117 Å². The second-order valence-electron chi connectivity index (χ2n) is 9.43. The van der Waals surface area contributed by atoms with Crippen molar-refractivity contribution in [2.45, 2.75) is 31.8 Å². The zero-order chi connectivity index (χ0) is 25.2. The Bertz CT molecular complexity index is 1210. The Hall–Kier alpha value is -3.83. The molecule has 5 heterocycles. The van der Waals surface area contributed by atoms with Gasteiger partial charge in [0.1, 0.15) is 12.4 Å². The van der Waals surface area contributed by atoms with Gasteiger partial charge in [-0.1, -0.05) is 6.07 Å². The van der Waals surface area contributed by atoms with Gasteiger partial charge in [-0.05, 0) is 36.6 Å². The lowest BCUT2D eigenvalue weighted by Crippen LogP contribution is -2.44. The molecule has 3 N–H and O–H groups in total. The molecule has 194 valence electrons. The van der Waals surface area contributed by atoms with Crippen molar-refractivity contribution in [1.29, 1.82) is 0 Å². The molecule has 0 spiro atoms. The maximum atomic E-state index is 13.2. The number of nitrogens with zero attached hydrogens (tertiary/aromatic N) is 3. The van der Waals surface area contributed by atoms with E-state index in [0.717, 1.165) is 56.9 Å². The number of pyridine rings is 1. The van der Waals surface area contributed by atoms with Crippen LogP contribution in [0.3, 0.4) is 0 Å². The summed E-state index contributed by atoms with van der Waals surface area (Å²) < 4.78 is 17.3. The van der Waals surface area contributed by atoms with Gasteiger partial charge in [-0.2, -0.15) is 0 Å². The third-order valence-electron chi connectivity index (χ3n) is 6.98. The summed E-state index contributed by atoms with van der Waals surface area (Å²) in [6.07, 6.45) is 6.20. The lowest BCUT2D eigenvalue weighted by molar-refractivity contribution is -0.118. The molecule has 2 fully saturated rings. The molecule has 2 aromatic rings. The number of anilines is 2. The van der Waals surface area contributed by atoms with Crippen LogP contribution in [0.1, 0.15) is 28.8 Å². The number of nitrogens with one attached hydrogen (secondary N) is 3. The number of carbonyl (C=O) groups is 2. The predicted molar refractivity (Wildman–Crippen MR) is 135 cm³/mol. The van der Waals surface area contributed by atoms with E-state index in [1.165, 1.54) is 6.20 Å². The Balaban J connectivity index is 1.07. The van der Waals surface area contributed by atoms with Gasteiger partial charge in [-0.15, -0.1) is 0 Å². The van der Waals surface area contributed by atoms with Gasteiger partial charge in [0, 0.05) is 50.7 Å². The van der Waals surface area contributed by atoms with E-state index in [2.05, 4.69) is 25.8 Å². The number of rotatable bonds is 7. The van der Waals surface area contributed by atoms with Crippen molar-refractivity contribution in [2.24, 2.45) is 0 Å². The van der Waals surface area contributed by atoms with Crippen LogP contribution in [0.5, 0.6) is 5.75 Å². The van der Waals surface area contributed by atoms with Crippen molar-refractivity contribution < 1.29 is 23.8 Å².